The smallest absolute Gasteiger partial charge is 0.0729 e. The minimum atomic E-state index is 0.371. The minimum Gasteiger partial charge on any atom is -0.398 e. The first-order chi connectivity index (χ1) is 7.59. The second-order valence-corrected chi connectivity index (χ2v) is 4.22. The molecule has 2 N–H and O–H groups in total. The molecule has 2 aromatic heterocycles. The Balaban J connectivity index is 2.60. The third kappa shape index (κ3) is 1.78. The Kier molecular flexibility index (Phi) is 2.64. The average Bonchev–Trinajstić information content (AvgIpc) is 2.61. The van der Waals surface area contributed by atoms with Crippen molar-refractivity contribution in [1.29, 1.82) is 0 Å². The predicted molar refractivity (Wildman–Crippen MR) is 64.9 cm³/mol. The lowest BCUT2D eigenvalue weighted by molar-refractivity contribution is 0.713. The standard InChI is InChI=1S/C12H16N4/c1-8(2)12-10(7-16(3)15-12)9-6-14-5-4-11(9)13/h4-8H,1-3H3,(H2,13,14). The van der Waals surface area contributed by atoms with Crippen LogP contribution in [0.3, 0.4) is 0 Å². The van der Waals surface area contributed by atoms with Crippen molar-refractivity contribution < 1.29 is 0 Å². The quantitative estimate of drug-likeness (QED) is 0.837. The molecular weight excluding hydrogens is 200 g/mol. The molecule has 0 unspecified atom stereocenters. The van der Waals surface area contributed by atoms with Crippen molar-refractivity contribution in [2.75, 3.05) is 5.73 Å². The van der Waals surface area contributed by atoms with E-state index in [1.807, 2.05) is 24.0 Å². The van der Waals surface area contributed by atoms with Crippen LogP contribution in [0.4, 0.5) is 5.69 Å². The third-order valence-electron chi connectivity index (χ3n) is 2.55. The van der Waals surface area contributed by atoms with E-state index in [1.54, 1.807) is 12.4 Å². The van der Waals surface area contributed by atoms with Gasteiger partial charge in [-0.05, 0) is 12.0 Å². The van der Waals surface area contributed by atoms with Crippen LogP contribution in [0.15, 0.2) is 24.7 Å². The maximum Gasteiger partial charge on any atom is 0.0729 e. The van der Waals surface area contributed by atoms with E-state index in [-0.39, 0.29) is 0 Å². The summed E-state index contributed by atoms with van der Waals surface area (Å²) in [7, 11) is 1.92. The van der Waals surface area contributed by atoms with E-state index in [2.05, 4.69) is 23.9 Å². The van der Waals surface area contributed by atoms with Crippen LogP contribution in [-0.2, 0) is 7.05 Å². The molecule has 0 atom stereocenters. The van der Waals surface area contributed by atoms with Crippen molar-refractivity contribution in [1.82, 2.24) is 14.8 Å². The number of nitrogen functional groups attached to an aromatic ring is 1. The highest BCUT2D eigenvalue weighted by molar-refractivity contribution is 5.76. The maximum atomic E-state index is 5.95. The molecule has 0 bridgehead atoms. The highest BCUT2D eigenvalue weighted by atomic mass is 15.3. The fourth-order valence-corrected chi connectivity index (χ4v) is 1.77. The highest BCUT2D eigenvalue weighted by Gasteiger charge is 2.14. The lowest BCUT2D eigenvalue weighted by Crippen LogP contribution is -1.95. The molecule has 0 fully saturated rings. The van der Waals surface area contributed by atoms with Crippen LogP contribution < -0.4 is 5.73 Å². The van der Waals surface area contributed by atoms with Gasteiger partial charge in [0.25, 0.3) is 0 Å². The van der Waals surface area contributed by atoms with Crippen LogP contribution in [0.2, 0.25) is 0 Å². The molecular formula is C12H16N4. The van der Waals surface area contributed by atoms with Crippen molar-refractivity contribution in [3.8, 4) is 11.1 Å². The Bertz CT molecular complexity index is 499. The maximum absolute atomic E-state index is 5.95. The first-order valence-corrected chi connectivity index (χ1v) is 5.33. The van der Waals surface area contributed by atoms with Gasteiger partial charge in [-0.15, -0.1) is 0 Å². The van der Waals surface area contributed by atoms with Gasteiger partial charge < -0.3 is 5.73 Å². The number of pyridine rings is 1. The first kappa shape index (κ1) is 10.7. The first-order valence-electron chi connectivity index (χ1n) is 5.33. The average molecular weight is 216 g/mol. The van der Waals surface area contributed by atoms with Crippen LogP contribution in [0.25, 0.3) is 11.1 Å². The summed E-state index contributed by atoms with van der Waals surface area (Å²) >= 11 is 0. The van der Waals surface area contributed by atoms with Crippen molar-refractivity contribution in [2.45, 2.75) is 19.8 Å². The molecule has 0 radical (unpaired) electrons. The van der Waals surface area contributed by atoms with E-state index in [0.717, 1.165) is 22.5 Å². The Hall–Kier alpha value is -1.84. The van der Waals surface area contributed by atoms with Gasteiger partial charge in [-0.2, -0.15) is 5.10 Å². The van der Waals surface area contributed by atoms with E-state index in [0.29, 0.717) is 5.92 Å². The molecule has 0 amide bonds. The summed E-state index contributed by atoms with van der Waals surface area (Å²) in [6, 6.07) is 1.81. The number of hydrogen-bond donors (Lipinski definition) is 1. The monoisotopic (exact) mass is 216 g/mol. The predicted octanol–water partition coefficient (Wildman–Crippen LogP) is 2.19. The second-order valence-electron chi connectivity index (χ2n) is 4.22. The third-order valence-corrected chi connectivity index (χ3v) is 2.55. The molecule has 2 aromatic rings. The zero-order valence-corrected chi connectivity index (χ0v) is 9.81. The summed E-state index contributed by atoms with van der Waals surface area (Å²) < 4.78 is 1.82. The summed E-state index contributed by atoms with van der Waals surface area (Å²) in [5.41, 5.74) is 9.78. The summed E-state index contributed by atoms with van der Waals surface area (Å²) in [5.74, 6) is 0.371. The molecule has 0 spiro atoms. The van der Waals surface area contributed by atoms with Crippen LogP contribution in [0, 0.1) is 0 Å². The molecule has 16 heavy (non-hydrogen) atoms. The molecule has 0 aliphatic carbocycles. The van der Waals surface area contributed by atoms with Crippen LogP contribution in [-0.4, -0.2) is 14.8 Å². The summed E-state index contributed by atoms with van der Waals surface area (Å²) in [6.45, 7) is 4.25. The normalized spacial score (nSPS) is 11.0. The van der Waals surface area contributed by atoms with Gasteiger partial charge >= 0.3 is 0 Å². The number of nitrogens with zero attached hydrogens (tertiary/aromatic N) is 3. The minimum absolute atomic E-state index is 0.371. The Labute approximate surface area is 95.1 Å². The number of anilines is 1. The van der Waals surface area contributed by atoms with Crippen molar-refractivity contribution in [3.63, 3.8) is 0 Å². The van der Waals surface area contributed by atoms with Gasteiger partial charge in [-0.3, -0.25) is 9.67 Å². The van der Waals surface area contributed by atoms with Crippen LogP contribution in [0.5, 0.6) is 0 Å². The van der Waals surface area contributed by atoms with Gasteiger partial charge in [0.2, 0.25) is 0 Å². The second kappa shape index (κ2) is 3.96. The molecule has 0 saturated carbocycles. The Morgan fingerprint density at radius 2 is 2.06 bits per heavy atom. The largest absolute Gasteiger partial charge is 0.398 e. The van der Waals surface area contributed by atoms with Gasteiger partial charge in [0.05, 0.1) is 5.69 Å². The van der Waals surface area contributed by atoms with E-state index < -0.39 is 0 Å². The number of rotatable bonds is 2. The van der Waals surface area contributed by atoms with E-state index in [1.165, 1.54) is 0 Å². The number of aromatic nitrogens is 3. The van der Waals surface area contributed by atoms with E-state index in [9.17, 15) is 0 Å². The van der Waals surface area contributed by atoms with Crippen LogP contribution >= 0.6 is 0 Å². The molecule has 2 rings (SSSR count). The lowest BCUT2D eigenvalue weighted by atomic mass is 10.0. The molecule has 84 valence electrons. The number of aryl methyl sites for hydroxylation is 1. The Morgan fingerprint density at radius 1 is 1.31 bits per heavy atom. The number of hydrogen-bond acceptors (Lipinski definition) is 3. The highest BCUT2D eigenvalue weighted by Crippen LogP contribution is 2.30. The fourth-order valence-electron chi connectivity index (χ4n) is 1.77. The molecule has 0 aromatic carbocycles. The number of nitrogens with two attached hydrogens (primary N) is 1. The van der Waals surface area contributed by atoms with E-state index in [4.69, 9.17) is 5.73 Å². The van der Waals surface area contributed by atoms with Gasteiger partial charge in [0, 0.05) is 42.5 Å². The van der Waals surface area contributed by atoms with Crippen LogP contribution in [0.1, 0.15) is 25.5 Å². The molecule has 0 saturated heterocycles. The molecule has 0 aliphatic heterocycles. The van der Waals surface area contributed by atoms with Crippen molar-refractivity contribution in [3.05, 3.63) is 30.4 Å². The molecule has 4 heteroatoms. The fraction of sp³-hybridized carbons (Fsp3) is 0.333. The van der Waals surface area contributed by atoms with Crippen molar-refractivity contribution in [2.24, 2.45) is 7.05 Å². The lowest BCUT2D eigenvalue weighted by Gasteiger charge is -2.06. The van der Waals surface area contributed by atoms with Crippen molar-refractivity contribution >= 4 is 5.69 Å². The zero-order valence-electron chi connectivity index (χ0n) is 9.81. The summed E-state index contributed by atoms with van der Waals surface area (Å²) in [6.07, 6.45) is 5.48. The van der Waals surface area contributed by atoms with Gasteiger partial charge in [-0.1, -0.05) is 13.8 Å². The molecule has 4 nitrogen and oxygen atoms in total. The van der Waals surface area contributed by atoms with Gasteiger partial charge in [-0.25, -0.2) is 0 Å². The van der Waals surface area contributed by atoms with Gasteiger partial charge in [0.15, 0.2) is 0 Å². The topological polar surface area (TPSA) is 56.7 Å². The summed E-state index contributed by atoms with van der Waals surface area (Å²) in [5, 5.41) is 4.46. The van der Waals surface area contributed by atoms with Gasteiger partial charge in [0.1, 0.15) is 0 Å². The molecule has 2 heterocycles. The SMILES string of the molecule is CC(C)c1nn(C)cc1-c1cnccc1N. The summed E-state index contributed by atoms with van der Waals surface area (Å²) in [4.78, 5) is 4.11. The zero-order chi connectivity index (χ0) is 11.7. The molecule has 0 aliphatic rings. The van der Waals surface area contributed by atoms with E-state index >= 15 is 0 Å². The Morgan fingerprint density at radius 3 is 2.69 bits per heavy atom.